The fourth-order valence-corrected chi connectivity index (χ4v) is 4.26. The van der Waals surface area contributed by atoms with E-state index in [4.69, 9.17) is 14.7 Å². The summed E-state index contributed by atoms with van der Waals surface area (Å²) in [5, 5.41) is 11.8. The number of ether oxygens (including phenoxy) is 2. The number of urea groups is 1. The highest BCUT2D eigenvalue weighted by Crippen LogP contribution is 2.37. The number of nitrogens with zero attached hydrogens (tertiary/aromatic N) is 2. The Kier molecular flexibility index (Phi) is 8.42. The van der Waals surface area contributed by atoms with E-state index in [-0.39, 0.29) is 23.6 Å². The summed E-state index contributed by atoms with van der Waals surface area (Å²) in [5.74, 6) is -1.80. The van der Waals surface area contributed by atoms with Gasteiger partial charge in [0.15, 0.2) is 6.10 Å². The van der Waals surface area contributed by atoms with Crippen LogP contribution in [0.5, 0.6) is 0 Å². The molecule has 3 aromatic carbocycles. The second kappa shape index (κ2) is 12.0. The van der Waals surface area contributed by atoms with E-state index in [0.29, 0.717) is 11.1 Å². The lowest BCUT2D eigenvalue weighted by molar-refractivity contribution is -0.165. The zero-order valence-corrected chi connectivity index (χ0v) is 21.9. The molecule has 210 valence electrons. The third kappa shape index (κ3) is 6.55. The van der Waals surface area contributed by atoms with Crippen molar-refractivity contribution in [2.45, 2.75) is 38.8 Å². The number of nitriles is 1. The van der Waals surface area contributed by atoms with E-state index in [1.54, 1.807) is 24.3 Å². The summed E-state index contributed by atoms with van der Waals surface area (Å²) < 4.78 is 50.9. The largest absolute Gasteiger partial charge is 0.458 e. The number of rotatable bonds is 7. The maximum atomic E-state index is 13.5. The number of nitrogens with one attached hydrogen (secondary N) is 1. The van der Waals surface area contributed by atoms with Crippen LogP contribution >= 0.6 is 0 Å². The molecular formula is C30H24F3N3O5. The normalized spacial score (nSPS) is 16.0. The molecule has 0 unspecified atom stereocenters. The van der Waals surface area contributed by atoms with Crippen molar-refractivity contribution in [2.24, 2.45) is 0 Å². The molecule has 4 rings (SSSR count). The van der Waals surface area contributed by atoms with Gasteiger partial charge in [0.1, 0.15) is 6.61 Å². The molecule has 0 aromatic heterocycles. The molecule has 1 aliphatic rings. The molecule has 0 bridgehead atoms. The minimum atomic E-state index is -4.66. The first kappa shape index (κ1) is 28.9. The topological polar surface area (TPSA) is 109 Å². The van der Waals surface area contributed by atoms with Crippen LogP contribution in [-0.4, -0.2) is 24.1 Å². The molecule has 0 radical (unpaired) electrons. The number of halogens is 3. The molecule has 1 heterocycles. The monoisotopic (exact) mass is 563 g/mol. The molecule has 11 heteroatoms. The Labute approximate surface area is 233 Å². The first-order valence-electron chi connectivity index (χ1n) is 12.4. The van der Waals surface area contributed by atoms with Gasteiger partial charge in [-0.2, -0.15) is 18.4 Å². The van der Waals surface area contributed by atoms with Crippen LogP contribution in [0, 0.1) is 11.3 Å². The smallest absolute Gasteiger partial charge is 0.416 e. The molecule has 1 N–H and O–H groups in total. The number of carbonyl (C=O) groups excluding carboxylic acids is 3. The van der Waals surface area contributed by atoms with Crippen LogP contribution in [0.2, 0.25) is 0 Å². The number of hydrogen-bond acceptors (Lipinski definition) is 6. The lowest BCUT2D eigenvalue weighted by Gasteiger charge is -2.35. The highest BCUT2D eigenvalue weighted by molar-refractivity contribution is 6.03. The van der Waals surface area contributed by atoms with Crippen LogP contribution in [-0.2, 0) is 31.8 Å². The summed E-state index contributed by atoms with van der Waals surface area (Å²) in [6.07, 6.45) is -6.00. The van der Waals surface area contributed by atoms with Crippen LogP contribution in [0.3, 0.4) is 0 Å². The predicted octanol–water partition coefficient (Wildman–Crippen LogP) is 5.80. The number of amides is 2. The van der Waals surface area contributed by atoms with Gasteiger partial charge in [0, 0.05) is 5.70 Å². The summed E-state index contributed by atoms with van der Waals surface area (Å²) in [4.78, 5) is 40.2. The molecule has 0 spiro atoms. The van der Waals surface area contributed by atoms with E-state index in [1.807, 2.05) is 12.1 Å². The average Bonchev–Trinajstić information content (AvgIpc) is 2.95. The Bertz CT molecular complexity index is 1530. The fraction of sp³-hybridized carbons (Fsp3) is 0.200. The number of anilines is 1. The van der Waals surface area contributed by atoms with Gasteiger partial charge in [-0.15, -0.1) is 0 Å². The van der Waals surface area contributed by atoms with E-state index >= 15 is 0 Å². The number of alkyl halides is 3. The second-order valence-corrected chi connectivity index (χ2v) is 9.14. The molecule has 2 amide bonds. The van der Waals surface area contributed by atoms with Gasteiger partial charge in [-0.3, -0.25) is 4.90 Å². The minimum Gasteiger partial charge on any atom is -0.458 e. The Balaban J connectivity index is 1.67. The van der Waals surface area contributed by atoms with Gasteiger partial charge in [0.25, 0.3) is 0 Å². The van der Waals surface area contributed by atoms with Crippen molar-refractivity contribution in [3.05, 3.63) is 112 Å². The van der Waals surface area contributed by atoms with E-state index in [0.717, 1.165) is 28.7 Å². The van der Waals surface area contributed by atoms with Crippen molar-refractivity contribution in [3.63, 3.8) is 0 Å². The number of allylic oxidation sites excluding steroid dienone is 1. The van der Waals surface area contributed by atoms with Crippen molar-refractivity contribution >= 4 is 23.7 Å². The SMILES string of the molecule is CC1=C(C(=O)O[C@@H](C)C(=O)OCc2ccccc2)[C@@H](c2ccc(C#N)cc2)NC(=O)N1c1cccc(C(F)(F)F)c1. The van der Waals surface area contributed by atoms with Crippen LogP contribution in [0.25, 0.3) is 0 Å². The molecule has 0 saturated heterocycles. The second-order valence-electron chi connectivity index (χ2n) is 9.14. The fourth-order valence-electron chi connectivity index (χ4n) is 4.26. The Morgan fingerprint density at radius 3 is 2.37 bits per heavy atom. The predicted molar refractivity (Wildman–Crippen MR) is 141 cm³/mol. The first-order valence-corrected chi connectivity index (χ1v) is 12.4. The standard InChI is InChI=1S/C30H24F3N3O5/c1-18-25(28(38)41-19(2)27(37)40-17-21-7-4-3-5-8-21)26(22-13-11-20(16-34)12-14-22)35-29(39)36(18)24-10-6-9-23(15-24)30(31,32)33/h3-15,19,26H,17H2,1-2H3,(H,35,39)/t19-,26+/m0/s1. The molecule has 8 nitrogen and oxygen atoms in total. The minimum absolute atomic E-state index is 0.00251. The van der Waals surface area contributed by atoms with Crippen molar-refractivity contribution in [3.8, 4) is 6.07 Å². The van der Waals surface area contributed by atoms with E-state index in [2.05, 4.69) is 5.32 Å². The van der Waals surface area contributed by atoms with Crippen molar-refractivity contribution < 1.29 is 37.0 Å². The summed E-state index contributed by atoms with van der Waals surface area (Å²) in [6.45, 7) is 2.67. The maximum Gasteiger partial charge on any atom is 0.416 e. The molecule has 0 fully saturated rings. The zero-order valence-electron chi connectivity index (χ0n) is 21.9. The maximum absolute atomic E-state index is 13.5. The lowest BCUT2D eigenvalue weighted by Crippen LogP contribution is -2.48. The molecule has 2 atom stereocenters. The Morgan fingerprint density at radius 1 is 1.05 bits per heavy atom. The molecule has 3 aromatic rings. The third-order valence-corrected chi connectivity index (χ3v) is 6.35. The zero-order chi connectivity index (χ0) is 29.7. The number of esters is 2. The van der Waals surface area contributed by atoms with Crippen LogP contribution in [0.4, 0.5) is 23.7 Å². The van der Waals surface area contributed by atoms with Crippen LogP contribution < -0.4 is 10.2 Å². The van der Waals surface area contributed by atoms with Gasteiger partial charge in [-0.25, -0.2) is 14.4 Å². The van der Waals surface area contributed by atoms with Gasteiger partial charge >= 0.3 is 24.1 Å². The Hall–Kier alpha value is -5.11. The Morgan fingerprint density at radius 2 is 1.73 bits per heavy atom. The van der Waals surface area contributed by atoms with Crippen molar-refractivity contribution in [2.75, 3.05) is 4.90 Å². The highest BCUT2D eigenvalue weighted by atomic mass is 19.4. The molecule has 1 aliphatic heterocycles. The molecule has 0 saturated carbocycles. The number of carbonyl (C=O) groups is 3. The number of benzene rings is 3. The third-order valence-electron chi connectivity index (χ3n) is 6.35. The molecule has 41 heavy (non-hydrogen) atoms. The van der Waals surface area contributed by atoms with E-state index in [1.165, 1.54) is 44.2 Å². The number of hydrogen-bond donors (Lipinski definition) is 1. The van der Waals surface area contributed by atoms with Gasteiger partial charge in [0.2, 0.25) is 0 Å². The van der Waals surface area contributed by atoms with E-state index in [9.17, 15) is 27.6 Å². The van der Waals surface area contributed by atoms with Gasteiger partial charge < -0.3 is 14.8 Å². The quantitative estimate of drug-likeness (QED) is 0.364. The average molecular weight is 564 g/mol. The van der Waals surface area contributed by atoms with Crippen LogP contribution in [0.1, 0.15) is 42.1 Å². The van der Waals surface area contributed by atoms with Gasteiger partial charge in [0.05, 0.1) is 34.5 Å². The van der Waals surface area contributed by atoms with Gasteiger partial charge in [-0.1, -0.05) is 48.5 Å². The summed E-state index contributed by atoms with van der Waals surface area (Å²) in [6, 6.07) is 19.1. The van der Waals surface area contributed by atoms with Gasteiger partial charge in [-0.05, 0) is 55.3 Å². The summed E-state index contributed by atoms with van der Waals surface area (Å²) in [5.41, 5.74) is 0.238. The lowest BCUT2D eigenvalue weighted by atomic mass is 9.94. The summed E-state index contributed by atoms with van der Waals surface area (Å²) >= 11 is 0. The first-order chi connectivity index (χ1) is 19.5. The van der Waals surface area contributed by atoms with E-state index < -0.39 is 41.9 Å². The molecule has 0 aliphatic carbocycles. The van der Waals surface area contributed by atoms with Crippen molar-refractivity contribution in [1.29, 1.82) is 5.26 Å². The van der Waals surface area contributed by atoms with Crippen LogP contribution in [0.15, 0.2) is 90.1 Å². The summed E-state index contributed by atoms with van der Waals surface area (Å²) in [7, 11) is 0. The van der Waals surface area contributed by atoms with Crippen molar-refractivity contribution in [1.82, 2.24) is 5.32 Å². The highest BCUT2D eigenvalue weighted by Gasteiger charge is 2.39. The molecular weight excluding hydrogens is 539 g/mol.